The van der Waals surface area contributed by atoms with E-state index in [9.17, 15) is 5.11 Å². The number of aliphatic hydroxyl groups excluding tert-OH is 1. The Morgan fingerprint density at radius 1 is 0.850 bits per heavy atom. The lowest BCUT2D eigenvalue weighted by Gasteiger charge is -2.12. The first kappa shape index (κ1) is 12.8. The molecule has 0 saturated carbocycles. The summed E-state index contributed by atoms with van der Waals surface area (Å²) >= 11 is 0. The van der Waals surface area contributed by atoms with Gasteiger partial charge >= 0.3 is 0 Å². The molecule has 1 aromatic heterocycles. The van der Waals surface area contributed by atoms with Gasteiger partial charge in [0.15, 0.2) is 0 Å². The number of nitrogens with zero attached hydrogens (tertiary/aromatic N) is 1. The zero-order valence-electron chi connectivity index (χ0n) is 11.2. The lowest BCUT2D eigenvalue weighted by molar-refractivity contribution is 0.174. The molecule has 0 fully saturated rings. The summed E-state index contributed by atoms with van der Waals surface area (Å²) in [5.74, 6) is 0. The highest BCUT2D eigenvalue weighted by Gasteiger charge is 2.09. The van der Waals surface area contributed by atoms with Crippen LogP contribution in [0.3, 0.4) is 0 Å². The van der Waals surface area contributed by atoms with Crippen molar-refractivity contribution < 1.29 is 5.11 Å². The summed E-state index contributed by atoms with van der Waals surface area (Å²) in [6, 6.07) is 20.3. The Hall–Kier alpha value is -2.19. The van der Waals surface area contributed by atoms with Gasteiger partial charge in [0.1, 0.15) is 0 Å². The number of hydrogen-bond donors (Lipinski definition) is 1. The lowest BCUT2D eigenvalue weighted by Crippen LogP contribution is -2.14. The maximum absolute atomic E-state index is 10.3. The van der Waals surface area contributed by atoms with Gasteiger partial charge in [-0.05, 0) is 34.9 Å². The Bertz CT molecular complexity index is 689. The fourth-order valence-corrected chi connectivity index (χ4v) is 2.56. The molecule has 0 aliphatic heterocycles. The Balaban J connectivity index is 1.79. The highest BCUT2D eigenvalue weighted by atomic mass is 16.3. The summed E-state index contributed by atoms with van der Waals surface area (Å²) in [5.41, 5.74) is 2.12. The Kier molecular flexibility index (Phi) is 3.75. The van der Waals surface area contributed by atoms with E-state index in [2.05, 4.69) is 29.2 Å². The largest absolute Gasteiger partial charge is 0.392 e. The number of pyridine rings is 1. The van der Waals surface area contributed by atoms with E-state index in [1.165, 1.54) is 16.3 Å². The summed E-state index contributed by atoms with van der Waals surface area (Å²) < 4.78 is 0. The highest BCUT2D eigenvalue weighted by molar-refractivity contribution is 5.85. The van der Waals surface area contributed by atoms with Crippen molar-refractivity contribution in [3.63, 3.8) is 0 Å². The first-order chi connectivity index (χ1) is 9.83. The molecule has 1 atom stereocenters. The third-order valence-electron chi connectivity index (χ3n) is 3.51. The Morgan fingerprint density at radius 2 is 1.65 bits per heavy atom. The van der Waals surface area contributed by atoms with Gasteiger partial charge in [0.25, 0.3) is 0 Å². The molecule has 2 heteroatoms. The second-order valence-electron chi connectivity index (χ2n) is 5.02. The monoisotopic (exact) mass is 263 g/mol. The van der Waals surface area contributed by atoms with Gasteiger partial charge in [-0.15, -0.1) is 0 Å². The second kappa shape index (κ2) is 5.85. The molecule has 0 saturated heterocycles. The number of benzene rings is 2. The molecule has 1 unspecified atom stereocenters. The quantitative estimate of drug-likeness (QED) is 0.782. The van der Waals surface area contributed by atoms with Gasteiger partial charge in [-0.25, -0.2) is 0 Å². The molecule has 0 radical (unpaired) electrons. The molecule has 1 N–H and O–H groups in total. The van der Waals surface area contributed by atoms with Crippen LogP contribution in [0.4, 0.5) is 0 Å². The van der Waals surface area contributed by atoms with Crippen molar-refractivity contribution >= 4 is 10.8 Å². The molecular weight excluding hydrogens is 246 g/mol. The number of fused-ring (bicyclic) bond motifs is 1. The molecule has 100 valence electrons. The van der Waals surface area contributed by atoms with Crippen LogP contribution < -0.4 is 0 Å². The van der Waals surface area contributed by atoms with Crippen molar-refractivity contribution in [3.05, 3.63) is 78.1 Å². The van der Waals surface area contributed by atoms with Crippen molar-refractivity contribution in [2.24, 2.45) is 0 Å². The molecule has 0 bridgehead atoms. The molecule has 2 aromatic carbocycles. The molecule has 3 rings (SSSR count). The van der Waals surface area contributed by atoms with E-state index in [-0.39, 0.29) is 0 Å². The molecule has 1 heterocycles. The van der Waals surface area contributed by atoms with E-state index >= 15 is 0 Å². The highest BCUT2D eigenvalue weighted by Crippen LogP contribution is 2.20. The molecule has 0 aliphatic rings. The third-order valence-corrected chi connectivity index (χ3v) is 3.51. The molecule has 0 spiro atoms. The third kappa shape index (κ3) is 2.86. The smallest absolute Gasteiger partial charge is 0.0636 e. The fourth-order valence-electron chi connectivity index (χ4n) is 2.56. The van der Waals surface area contributed by atoms with E-state index in [0.717, 1.165) is 5.69 Å². The van der Waals surface area contributed by atoms with E-state index in [1.807, 2.05) is 36.4 Å². The van der Waals surface area contributed by atoms with Crippen LogP contribution in [0.1, 0.15) is 11.3 Å². The number of rotatable bonds is 4. The zero-order chi connectivity index (χ0) is 13.8. The van der Waals surface area contributed by atoms with E-state index in [0.29, 0.717) is 12.8 Å². The van der Waals surface area contributed by atoms with Gasteiger partial charge in [-0.2, -0.15) is 0 Å². The molecule has 3 aromatic rings. The SMILES string of the molecule is OC(Cc1ccccn1)Cc1cccc2ccccc12. The number of hydrogen-bond acceptors (Lipinski definition) is 2. The van der Waals surface area contributed by atoms with Crippen LogP contribution in [-0.2, 0) is 12.8 Å². The van der Waals surface area contributed by atoms with Gasteiger partial charge < -0.3 is 5.11 Å². The summed E-state index contributed by atoms with van der Waals surface area (Å²) in [7, 11) is 0. The van der Waals surface area contributed by atoms with Crippen LogP contribution in [0.25, 0.3) is 10.8 Å². The zero-order valence-corrected chi connectivity index (χ0v) is 11.2. The number of aliphatic hydroxyl groups is 1. The van der Waals surface area contributed by atoms with Crippen LogP contribution in [0.15, 0.2) is 66.9 Å². The summed E-state index contributed by atoms with van der Waals surface area (Å²) in [4.78, 5) is 4.26. The first-order valence-electron chi connectivity index (χ1n) is 6.87. The Labute approximate surface area is 118 Å². The Morgan fingerprint density at radius 3 is 2.50 bits per heavy atom. The average molecular weight is 263 g/mol. The molecule has 0 aliphatic carbocycles. The topological polar surface area (TPSA) is 33.1 Å². The van der Waals surface area contributed by atoms with Crippen LogP contribution in [0.5, 0.6) is 0 Å². The van der Waals surface area contributed by atoms with Crippen LogP contribution in [0.2, 0.25) is 0 Å². The van der Waals surface area contributed by atoms with E-state index in [1.54, 1.807) is 6.20 Å². The van der Waals surface area contributed by atoms with Gasteiger partial charge in [-0.1, -0.05) is 48.5 Å². The van der Waals surface area contributed by atoms with Crippen LogP contribution in [-0.4, -0.2) is 16.2 Å². The van der Waals surface area contributed by atoms with Crippen molar-refractivity contribution in [2.45, 2.75) is 18.9 Å². The predicted molar refractivity (Wildman–Crippen MR) is 81.6 cm³/mol. The van der Waals surface area contributed by atoms with Crippen molar-refractivity contribution in [3.8, 4) is 0 Å². The van der Waals surface area contributed by atoms with Crippen LogP contribution >= 0.6 is 0 Å². The van der Waals surface area contributed by atoms with Crippen LogP contribution in [0, 0.1) is 0 Å². The first-order valence-corrected chi connectivity index (χ1v) is 6.87. The second-order valence-corrected chi connectivity index (χ2v) is 5.02. The lowest BCUT2D eigenvalue weighted by atomic mass is 9.98. The van der Waals surface area contributed by atoms with Gasteiger partial charge in [0.2, 0.25) is 0 Å². The minimum atomic E-state index is -0.407. The fraction of sp³-hybridized carbons (Fsp3) is 0.167. The summed E-state index contributed by atoms with van der Waals surface area (Å²) in [6.45, 7) is 0. The minimum Gasteiger partial charge on any atom is -0.392 e. The molecule has 20 heavy (non-hydrogen) atoms. The maximum Gasteiger partial charge on any atom is 0.0636 e. The van der Waals surface area contributed by atoms with E-state index in [4.69, 9.17) is 0 Å². The molecular formula is C18H17NO. The standard InChI is InChI=1S/C18H17NO/c20-17(13-16-9-3-4-11-19-16)12-15-8-5-7-14-6-1-2-10-18(14)15/h1-11,17,20H,12-13H2. The van der Waals surface area contributed by atoms with E-state index < -0.39 is 6.10 Å². The van der Waals surface area contributed by atoms with Crippen molar-refractivity contribution in [2.75, 3.05) is 0 Å². The maximum atomic E-state index is 10.3. The van der Waals surface area contributed by atoms with Crippen molar-refractivity contribution in [1.29, 1.82) is 0 Å². The minimum absolute atomic E-state index is 0.407. The van der Waals surface area contributed by atoms with Crippen molar-refractivity contribution in [1.82, 2.24) is 4.98 Å². The van der Waals surface area contributed by atoms with Gasteiger partial charge in [0.05, 0.1) is 6.10 Å². The normalized spacial score (nSPS) is 12.4. The number of aromatic nitrogens is 1. The predicted octanol–water partition coefficient (Wildman–Crippen LogP) is 3.38. The molecule has 2 nitrogen and oxygen atoms in total. The van der Waals surface area contributed by atoms with Gasteiger partial charge in [0, 0.05) is 18.3 Å². The summed E-state index contributed by atoms with van der Waals surface area (Å²) in [5, 5.41) is 12.7. The summed E-state index contributed by atoms with van der Waals surface area (Å²) in [6.07, 6.45) is 2.60. The van der Waals surface area contributed by atoms with Gasteiger partial charge in [-0.3, -0.25) is 4.98 Å². The molecule has 0 amide bonds. The average Bonchev–Trinajstić information content (AvgIpc) is 2.48.